The van der Waals surface area contributed by atoms with Gasteiger partial charge in [-0.05, 0) is 6.42 Å². The van der Waals surface area contributed by atoms with E-state index in [0.717, 1.165) is 6.04 Å². The van der Waals surface area contributed by atoms with E-state index in [1.54, 1.807) is 0 Å². The molecule has 1 N–H and O–H groups in total. The zero-order valence-corrected chi connectivity index (χ0v) is 5.35. The van der Waals surface area contributed by atoms with Gasteiger partial charge in [0.05, 0.1) is 0 Å². The highest BCUT2D eigenvalue weighted by Gasteiger charge is 2.14. The highest BCUT2D eigenvalue weighted by Crippen LogP contribution is 1.99. The fourth-order valence-corrected chi connectivity index (χ4v) is 0.631. The minimum Gasteiger partial charge on any atom is -0.307 e. The molecule has 0 amide bonds. The van der Waals surface area contributed by atoms with Crippen molar-refractivity contribution in [1.29, 1.82) is 0 Å². The Labute approximate surface area is 50.8 Å². The van der Waals surface area contributed by atoms with Gasteiger partial charge in [0.2, 0.25) is 0 Å². The van der Waals surface area contributed by atoms with Gasteiger partial charge in [-0.25, -0.2) is 0 Å². The van der Waals surface area contributed by atoms with Crippen molar-refractivity contribution in [1.82, 2.24) is 5.32 Å². The molecule has 1 aliphatic rings. The van der Waals surface area contributed by atoms with Crippen molar-refractivity contribution >= 4 is 0 Å². The summed E-state index contributed by atoms with van der Waals surface area (Å²) in [6.07, 6.45) is 7.01. The summed E-state index contributed by atoms with van der Waals surface area (Å²) in [5, 5.41) is 3.21. The summed E-state index contributed by atoms with van der Waals surface area (Å²) < 4.78 is 0. The van der Waals surface area contributed by atoms with Crippen molar-refractivity contribution in [2.75, 3.05) is 6.54 Å². The van der Waals surface area contributed by atoms with Crippen LogP contribution in [0, 0.1) is 0 Å². The minimum absolute atomic E-state index is 0.724. The number of unbranched alkanes of at least 4 members (excludes halogenated alkanes) is 1. The molecule has 1 rings (SSSR count). The van der Waals surface area contributed by atoms with Crippen LogP contribution >= 0.6 is 0 Å². The molecule has 1 heteroatoms. The molecule has 0 saturated carbocycles. The van der Waals surface area contributed by atoms with Gasteiger partial charge in [0.15, 0.2) is 0 Å². The van der Waals surface area contributed by atoms with Gasteiger partial charge < -0.3 is 5.32 Å². The topological polar surface area (TPSA) is 21.9 Å². The van der Waals surface area contributed by atoms with Crippen LogP contribution in [0.1, 0.15) is 19.8 Å². The van der Waals surface area contributed by atoms with E-state index >= 15 is 0 Å². The van der Waals surface area contributed by atoms with E-state index in [2.05, 4.69) is 24.4 Å². The second-order valence-electron chi connectivity index (χ2n) is 2.23. The molecule has 0 aromatic rings. The Morgan fingerprint density at radius 1 is 1.75 bits per heavy atom. The smallest absolute Gasteiger partial charge is 0.0377 e. The summed E-state index contributed by atoms with van der Waals surface area (Å²) in [6, 6.07) is 0.724. The number of allylic oxidation sites excluding steroid dienone is 1. The lowest BCUT2D eigenvalue weighted by Crippen LogP contribution is -1.80. The normalized spacial score (nSPS) is 26.9. The Bertz CT molecular complexity index is 82.4. The summed E-state index contributed by atoms with van der Waals surface area (Å²) >= 11 is 0. The average Bonchev–Trinajstić information content (AvgIpc) is 2.51. The van der Waals surface area contributed by atoms with E-state index in [4.69, 9.17) is 0 Å². The van der Waals surface area contributed by atoms with Crippen LogP contribution in [0.15, 0.2) is 12.2 Å². The van der Waals surface area contributed by atoms with Crippen LogP contribution in [-0.4, -0.2) is 12.6 Å². The molecule has 0 bridgehead atoms. The van der Waals surface area contributed by atoms with Gasteiger partial charge in [-0.2, -0.15) is 0 Å². The molecule has 0 aliphatic carbocycles. The summed E-state index contributed by atoms with van der Waals surface area (Å²) in [4.78, 5) is 0. The molecular formula is C7H13N. The van der Waals surface area contributed by atoms with Gasteiger partial charge in [-0.15, -0.1) is 0 Å². The maximum atomic E-state index is 3.21. The molecule has 46 valence electrons. The first-order chi connectivity index (χ1) is 3.93. The Kier molecular flexibility index (Phi) is 2.10. The fourth-order valence-electron chi connectivity index (χ4n) is 0.631. The third kappa shape index (κ3) is 2.12. The maximum Gasteiger partial charge on any atom is 0.0377 e. The summed E-state index contributed by atoms with van der Waals surface area (Å²) in [7, 11) is 0. The SMILES string of the molecule is CCC/C=C/[C@H]1CN1. The largest absolute Gasteiger partial charge is 0.307 e. The van der Waals surface area contributed by atoms with Gasteiger partial charge in [0, 0.05) is 12.6 Å². The summed E-state index contributed by atoms with van der Waals surface area (Å²) in [5.74, 6) is 0. The lowest BCUT2D eigenvalue weighted by atomic mass is 10.3. The molecular weight excluding hydrogens is 98.1 g/mol. The van der Waals surface area contributed by atoms with E-state index in [1.807, 2.05) is 0 Å². The van der Waals surface area contributed by atoms with Crippen LogP contribution in [0.2, 0.25) is 0 Å². The molecule has 1 fully saturated rings. The van der Waals surface area contributed by atoms with Gasteiger partial charge in [-0.1, -0.05) is 25.5 Å². The molecule has 8 heavy (non-hydrogen) atoms. The highest BCUT2D eigenvalue weighted by atomic mass is 15.1. The summed E-state index contributed by atoms with van der Waals surface area (Å²) in [5.41, 5.74) is 0. The quantitative estimate of drug-likeness (QED) is 0.430. The first-order valence-electron chi connectivity index (χ1n) is 3.33. The van der Waals surface area contributed by atoms with Gasteiger partial charge in [0.25, 0.3) is 0 Å². The van der Waals surface area contributed by atoms with Crippen molar-refractivity contribution in [3.05, 3.63) is 12.2 Å². The predicted octanol–water partition coefficient (Wildman–Crippen LogP) is 1.31. The van der Waals surface area contributed by atoms with E-state index in [9.17, 15) is 0 Å². The molecule has 0 aromatic heterocycles. The first kappa shape index (κ1) is 5.83. The van der Waals surface area contributed by atoms with Gasteiger partial charge in [0.1, 0.15) is 0 Å². The zero-order chi connectivity index (χ0) is 5.82. The number of hydrogen-bond acceptors (Lipinski definition) is 1. The highest BCUT2D eigenvalue weighted by molar-refractivity contribution is 5.02. The van der Waals surface area contributed by atoms with Gasteiger partial charge in [-0.3, -0.25) is 0 Å². The number of hydrogen-bond donors (Lipinski definition) is 1. The van der Waals surface area contributed by atoms with Crippen LogP contribution in [0.25, 0.3) is 0 Å². The minimum atomic E-state index is 0.724. The van der Waals surface area contributed by atoms with E-state index in [1.165, 1.54) is 19.4 Å². The van der Waals surface area contributed by atoms with Crippen LogP contribution in [0.5, 0.6) is 0 Å². The monoisotopic (exact) mass is 111 g/mol. The van der Waals surface area contributed by atoms with Crippen molar-refractivity contribution in [3.63, 3.8) is 0 Å². The second-order valence-corrected chi connectivity index (χ2v) is 2.23. The van der Waals surface area contributed by atoms with E-state index < -0.39 is 0 Å². The third-order valence-electron chi connectivity index (χ3n) is 1.26. The zero-order valence-electron chi connectivity index (χ0n) is 5.35. The molecule has 1 nitrogen and oxygen atoms in total. The van der Waals surface area contributed by atoms with Crippen LogP contribution < -0.4 is 5.32 Å². The molecule has 1 heterocycles. The Balaban J connectivity index is 1.96. The molecule has 1 atom stereocenters. The van der Waals surface area contributed by atoms with Crippen LogP contribution in [0.3, 0.4) is 0 Å². The first-order valence-corrected chi connectivity index (χ1v) is 3.33. The third-order valence-corrected chi connectivity index (χ3v) is 1.26. The van der Waals surface area contributed by atoms with Crippen LogP contribution in [0.4, 0.5) is 0 Å². The number of nitrogens with one attached hydrogen (secondary N) is 1. The lowest BCUT2D eigenvalue weighted by molar-refractivity contribution is 0.952. The van der Waals surface area contributed by atoms with E-state index in [-0.39, 0.29) is 0 Å². The van der Waals surface area contributed by atoms with Crippen molar-refractivity contribution in [2.45, 2.75) is 25.8 Å². The van der Waals surface area contributed by atoms with Crippen molar-refractivity contribution in [2.24, 2.45) is 0 Å². The average molecular weight is 111 g/mol. The molecule has 0 spiro atoms. The fraction of sp³-hybridized carbons (Fsp3) is 0.714. The Hall–Kier alpha value is -0.300. The molecule has 0 aromatic carbocycles. The predicted molar refractivity (Wildman–Crippen MR) is 35.8 cm³/mol. The van der Waals surface area contributed by atoms with Gasteiger partial charge >= 0.3 is 0 Å². The molecule has 1 aliphatic heterocycles. The molecule has 1 saturated heterocycles. The molecule has 0 unspecified atom stereocenters. The van der Waals surface area contributed by atoms with E-state index in [0.29, 0.717) is 0 Å². The Morgan fingerprint density at radius 2 is 2.50 bits per heavy atom. The summed E-state index contributed by atoms with van der Waals surface area (Å²) in [6.45, 7) is 3.39. The molecule has 0 radical (unpaired) electrons. The maximum absolute atomic E-state index is 3.21. The van der Waals surface area contributed by atoms with Crippen LogP contribution in [-0.2, 0) is 0 Å². The van der Waals surface area contributed by atoms with Crippen molar-refractivity contribution in [3.8, 4) is 0 Å². The second kappa shape index (κ2) is 2.88. The van der Waals surface area contributed by atoms with Crippen molar-refractivity contribution < 1.29 is 0 Å². The standard InChI is InChI=1S/C7H13N/c1-2-3-4-5-7-6-8-7/h4-5,7-8H,2-3,6H2,1H3/b5-4+/t7-/m0/s1. The number of rotatable bonds is 3. The Morgan fingerprint density at radius 3 is 3.00 bits per heavy atom. The lowest BCUT2D eigenvalue weighted by Gasteiger charge is -1.80.